The van der Waals surface area contributed by atoms with Gasteiger partial charge in [-0.15, -0.1) is 0 Å². The van der Waals surface area contributed by atoms with E-state index in [1.807, 2.05) is 43.3 Å². The van der Waals surface area contributed by atoms with E-state index < -0.39 is 0 Å². The van der Waals surface area contributed by atoms with Crippen molar-refractivity contribution in [2.45, 2.75) is 19.4 Å². The molecule has 0 fully saturated rings. The van der Waals surface area contributed by atoms with Gasteiger partial charge in [-0.25, -0.2) is 4.39 Å². The molecule has 1 N–H and O–H groups in total. The molecule has 0 aliphatic heterocycles. The van der Waals surface area contributed by atoms with Gasteiger partial charge in [0.05, 0.1) is 0 Å². The van der Waals surface area contributed by atoms with Crippen molar-refractivity contribution in [3.8, 4) is 0 Å². The highest BCUT2D eigenvalue weighted by atomic mass is 79.9. The average molecular weight is 308 g/mol. The Kier molecular flexibility index (Phi) is 4.37. The highest BCUT2D eigenvalue weighted by Gasteiger charge is 2.08. The first kappa shape index (κ1) is 13.1. The summed E-state index contributed by atoms with van der Waals surface area (Å²) in [5.41, 5.74) is 1.77. The summed E-state index contributed by atoms with van der Waals surface area (Å²) in [7, 11) is 0. The van der Waals surface area contributed by atoms with Crippen LogP contribution in [0.15, 0.2) is 53.0 Å². The number of rotatable bonds is 4. The Balaban J connectivity index is 2.04. The van der Waals surface area contributed by atoms with Crippen LogP contribution in [0.2, 0.25) is 0 Å². The number of anilines is 1. The van der Waals surface area contributed by atoms with Gasteiger partial charge >= 0.3 is 0 Å². The summed E-state index contributed by atoms with van der Waals surface area (Å²) in [5, 5.41) is 3.37. The van der Waals surface area contributed by atoms with Crippen molar-refractivity contribution in [3.05, 3.63) is 64.4 Å². The minimum absolute atomic E-state index is 0.140. The fraction of sp³-hybridized carbons (Fsp3) is 0.200. The predicted octanol–water partition coefficient (Wildman–Crippen LogP) is 4.63. The number of hydrogen-bond donors (Lipinski definition) is 1. The summed E-state index contributed by atoms with van der Waals surface area (Å²) < 4.78 is 14.5. The van der Waals surface area contributed by atoms with E-state index in [0.29, 0.717) is 6.42 Å². The molecule has 1 unspecified atom stereocenters. The van der Waals surface area contributed by atoms with Gasteiger partial charge in [-0.05, 0) is 53.0 Å². The van der Waals surface area contributed by atoms with Crippen LogP contribution in [0.3, 0.4) is 0 Å². The normalized spacial score (nSPS) is 12.2. The second-order valence-electron chi connectivity index (χ2n) is 4.32. The maximum absolute atomic E-state index is 13.5. The minimum atomic E-state index is -0.140. The van der Waals surface area contributed by atoms with Crippen molar-refractivity contribution in [1.82, 2.24) is 0 Å². The van der Waals surface area contributed by atoms with Crippen LogP contribution in [0.25, 0.3) is 0 Å². The molecule has 0 amide bonds. The number of halogens is 2. The quantitative estimate of drug-likeness (QED) is 0.868. The summed E-state index contributed by atoms with van der Waals surface area (Å²) in [6, 6.07) is 15.0. The van der Waals surface area contributed by atoms with Crippen molar-refractivity contribution in [2.24, 2.45) is 0 Å². The highest BCUT2D eigenvalue weighted by molar-refractivity contribution is 9.10. The first-order valence-electron chi connectivity index (χ1n) is 5.91. The molecule has 18 heavy (non-hydrogen) atoms. The monoisotopic (exact) mass is 307 g/mol. The second kappa shape index (κ2) is 6.01. The molecule has 0 saturated carbocycles. The number of nitrogens with one attached hydrogen (secondary N) is 1. The fourth-order valence-corrected chi connectivity index (χ4v) is 2.29. The summed E-state index contributed by atoms with van der Waals surface area (Å²) in [4.78, 5) is 0. The smallest absolute Gasteiger partial charge is 0.126 e. The first-order chi connectivity index (χ1) is 8.66. The minimum Gasteiger partial charge on any atom is -0.381 e. The lowest BCUT2D eigenvalue weighted by atomic mass is 10.1. The molecule has 2 aromatic carbocycles. The largest absolute Gasteiger partial charge is 0.381 e. The molecule has 2 rings (SSSR count). The molecule has 0 aliphatic rings. The molecular formula is C15H15BrFN. The van der Waals surface area contributed by atoms with Crippen LogP contribution in [0.4, 0.5) is 10.1 Å². The van der Waals surface area contributed by atoms with Gasteiger partial charge in [-0.1, -0.05) is 30.3 Å². The number of hydrogen-bond acceptors (Lipinski definition) is 1. The fourth-order valence-electron chi connectivity index (χ4n) is 1.89. The Morgan fingerprint density at radius 3 is 2.50 bits per heavy atom. The molecule has 3 heteroatoms. The summed E-state index contributed by atoms with van der Waals surface area (Å²) in [5.74, 6) is -0.140. The van der Waals surface area contributed by atoms with Crippen LogP contribution in [0.1, 0.15) is 12.5 Å². The molecule has 2 aromatic rings. The zero-order valence-electron chi connectivity index (χ0n) is 10.2. The van der Waals surface area contributed by atoms with Crippen LogP contribution in [-0.2, 0) is 6.42 Å². The van der Waals surface area contributed by atoms with Crippen molar-refractivity contribution < 1.29 is 4.39 Å². The van der Waals surface area contributed by atoms with E-state index in [-0.39, 0.29) is 11.9 Å². The van der Waals surface area contributed by atoms with E-state index in [1.54, 1.807) is 6.07 Å². The summed E-state index contributed by atoms with van der Waals surface area (Å²) in [6.07, 6.45) is 0.661. The first-order valence-corrected chi connectivity index (χ1v) is 6.70. The topological polar surface area (TPSA) is 12.0 Å². The summed E-state index contributed by atoms with van der Waals surface area (Å²) in [6.45, 7) is 2.05. The van der Waals surface area contributed by atoms with Gasteiger partial charge in [-0.2, -0.15) is 0 Å². The van der Waals surface area contributed by atoms with E-state index in [2.05, 4.69) is 21.2 Å². The Morgan fingerprint density at radius 1 is 1.11 bits per heavy atom. The zero-order chi connectivity index (χ0) is 13.0. The van der Waals surface area contributed by atoms with E-state index in [1.165, 1.54) is 6.07 Å². The van der Waals surface area contributed by atoms with Crippen LogP contribution in [0, 0.1) is 5.82 Å². The SMILES string of the molecule is CC(Cc1ccccc1F)Nc1ccccc1Br. The molecule has 0 bridgehead atoms. The average Bonchev–Trinajstić information content (AvgIpc) is 2.35. The van der Waals surface area contributed by atoms with Gasteiger partial charge in [0.2, 0.25) is 0 Å². The van der Waals surface area contributed by atoms with Crippen molar-refractivity contribution in [2.75, 3.05) is 5.32 Å². The van der Waals surface area contributed by atoms with Gasteiger partial charge in [-0.3, -0.25) is 0 Å². The standard InChI is InChI=1S/C15H15BrFN/c1-11(10-12-6-2-4-8-14(12)17)18-15-9-5-3-7-13(15)16/h2-9,11,18H,10H2,1H3. The van der Waals surface area contributed by atoms with Crippen molar-refractivity contribution >= 4 is 21.6 Å². The maximum Gasteiger partial charge on any atom is 0.126 e. The lowest BCUT2D eigenvalue weighted by Crippen LogP contribution is -2.18. The maximum atomic E-state index is 13.5. The van der Waals surface area contributed by atoms with E-state index in [0.717, 1.165) is 15.7 Å². The van der Waals surface area contributed by atoms with Crippen LogP contribution in [-0.4, -0.2) is 6.04 Å². The molecule has 94 valence electrons. The molecule has 0 aromatic heterocycles. The molecule has 1 atom stereocenters. The molecular weight excluding hydrogens is 293 g/mol. The predicted molar refractivity (Wildman–Crippen MR) is 77.3 cm³/mol. The van der Waals surface area contributed by atoms with Crippen molar-refractivity contribution in [1.29, 1.82) is 0 Å². The molecule has 0 spiro atoms. The lowest BCUT2D eigenvalue weighted by molar-refractivity contribution is 0.601. The second-order valence-corrected chi connectivity index (χ2v) is 5.18. The van der Waals surface area contributed by atoms with Gasteiger partial charge < -0.3 is 5.32 Å². The lowest BCUT2D eigenvalue weighted by Gasteiger charge is -2.16. The van der Waals surface area contributed by atoms with E-state index >= 15 is 0 Å². The van der Waals surface area contributed by atoms with Crippen LogP contribution in [0.5, 0.6) is 0 Å². The van der Waals surface area contributed by atoms with E-state index in [4.69, 9.17) is 0 Å². The Bertz CT molecular complexity index is 480. The number of para-hydroxylation sites is 1. The van der Waals surface area contributed by atoms with Gasteiger partial charge in [0.15, 0.2) is 0 Å². The number of benzene rings is 2. The van der Waals surface area contributed by atoms with Gasteiger partial charge in [0.1, 0.15) is 5.82 Å². The zero-order valence-corrected chi connectivity index (χ0v) is 11.7. The molecule has 0 saturated heterocycles. The van der Waals surface area contributed by atoms with E-state index in [9.17, 15) is 4.39 Å². The Hall–Kier alpha value is -1.35. The molecule has 1 nitrogen and oxygen atoms in total. The third-order valence-corrected chi connectivity index (χ3v) is 3.45. The summed E-state index contributed by atoms with van der Waals surface area (Å²) >= 11 is 3.49. The molecule has 0 radical (unpaired) electrons. The van der Waals surface area contributed by atoms with Gasteiger partial charge in [0.25, 0.3) is 0 Å². The molecule has 0 heterocycles. The van der Waals surface area contributed by atoms with Crippen molar-refractivity contribution in [3.63, 3.8) is 0 Å². The highest BCUT2D eigenvalue weighted by Crippen LogP contribution is 2.22. The van der Waals surface area contributed by atoms with Crippen LogP contribution >= 0.6 is 15.9 Å². The third kappa shape index (κ3) is 3.33. The van der Waals surface area contributed by atoms with Crippen LogP contribution < -0.4 is 5.32 Å². The molecule has 0 aliphatic carbocycles. The van der Waals surface area contributed by atoms with Gasteiger partial charge in [0, 0.05) is 16.2 Å². The Labute approximate surface area is 115 Å². The third-order valence-electron chi connectivity index (χ3n) is 2.76. The Morgan fingerprint density at radius 2 is 1.78 bits per heavy atom.